The summed E-state index contributed by atoms with van der Waals surface area (Å²) < 4.78 is 27.7. The van der Waals surface area contributed by atoms with Gasteiger partial charge >= 0.3 is 6.03 Å². The van der Waals surface area contributed by atoms with Crippen LogP contribution < -0.4 is 15.5 Å². The van der Waals surface area contributed by atoms with Crippen molar-refractivity contribution in [1.82, 2.24) is 15.5 Å². The molecule has 0 saturated carbocycles. The van der Waals surface area contributed by atoms with Crippen LogP contribution in [-0.2, 0) is 4.79 Å². The Hall–Kier alpha value is -2.38. The molecule has 0 aliphatic carbocycles. The van der Waals surface area contributed by atoms with Crippen LogP contribution in [0.4, 0.5) is 19.3 Å². The van der Waals surface area contributed by atoms with Gasteiger partial charge in [-0.05, 0) is 18.6 Å². The van der Waals surface area contributed by atoms with Gasteiger partial charge < -0.3 is 20.4 Å². The number of nitrogens with zero attached hydrogens (tertiary/aromatic N) is 2. The second kappa shape index (κ2) is 7.02. The first-order chi connectivity index (χ1) is 11.5. The number of urea groups is 1. The van der Waals surface area contributed by atoms with Gasteiger partial charge in [0.2, 0.25) is 5.91 Å². The first-order valence-electron chi connectivity index (χ1n) is 8.05. The summed E-state index contributed by atoms with van der Waals surface area (Å²) in [4.78, 5) is 26.8. The maximum atomic E-state index is 13.8. The van der Waals surface area contributed by atoms with Gasteiger partial charge in [0.1, 0.15) is 17.3 Å². The number of para-hydroxylation sites is 1. The first-order valence-corrected chi connectivity index (χ1v) is 8.05. The number of halogens is 2. The minimum atomic E-state index is -0.598. The fourth-order valence-electron chi connectivity index (χ4n) is 3.11. The molecular formula is C16H20F2N4O2. The Bertz CT molecular complexity index is 620. The highest BCUT2D eigenvalue weighted by molar-refractivity contribution is 5.79. The van der Waals surface area contributed by atoms with E-state index in [-0.39, 0.29) is 30.1 Å². The number of hydrogen-bond donors (Lipinski definition) is 2. The van der Waals surface area contributed by atoms with Gasteiger partial charge in [-0.1, -0.05) is 6.07 Å². The van der Waals surface area contributed by atoms with Crippen LogP contribution in [0, 0.1) is 11.6 Å². The Morgan fingerprint density at radius 1 is 1.21 bits per heavy atom. The third-order valence-electron chi connectivity index (χ3n) is 4.37. The highest BCUT2D eigenvalue weighted by Crippen LogP contribution is 2.26. The largest absolute Gasteiger partial charge is 0.365 e. The van der Waals surface area contributed by atoms with E-state index in [1.54, 1.807) is 9.80 Å². The van der Waals surface area contributed by atoms with Gasteiger partial charge in [-0.25, -0.2) is 13.6 Å². The molecule has 2 saturated heterocycles. The zero-order chi connectivity index (χ0) is 17.1. The summed E-state index contributed by atoms with van der Waals surface area (Å²) in [5.74, 6) is -1.26. The maximum absolute atomic E-state index is 13.8. The molecule has 1 aromatic carbocycles. The van der Waals surface area contributed by atoms with Crippen LogP contribution in [0.1, 0.15) is 12.8 Å². The molecule has 2 heterocycles. The molecule has 0 unspecified atom stereocenters. The van der Waals surface area contributed by atoms with Gasteiger partial charge in [0.15, 0.2) is 0 Å². The molecule has 24 heavy (non-hydrogen) atoms. The molecular weight excluding hydrogens is 318 g/mol. The van der Waals surface area contributed by atoms with E-state index in [2.05, 4.69) is 10.6 Å². The molecule has 3 amide bonds. The van der Waals surface area contributed by atoms with Gasteiger partial charge in [-0.2, -0.15) is 0 Å². The number of carbonyl (C=O) groups excluding carboxylic acids is 2. The zero-order valence-electron chi connectivity index (χ0n) is 13.2. The Balaban J connectivity index is 1.58. The third kappa shape index (κ3) is 3.58. The van der Waals surface area contributed by atoms with Gasteiger partial charge in [0.25, 0.3) is 0 Å². The Morgan fingerprint density at radius 3 is 2.71 bits per heavy atom. The summed E-state index contributed by atoms with van der Waals surface area (Å²) in [5.41, 5.74) is -0.0428. The van der Waals surface area contributed by atoms with Gasteiger partial charge in [-0.3, -0.25) is 4.79 Å². The molecule has 2 fully saturated rings. The van der Waals surface area contributed by atoms with Crippen molar-refractivity contribution in [2.24, 2.45) is 0 Å². The monoisotopic (exact) mass is 338 g/mol. The molecule has 1 aromatic rings. The van der Waals surface area contributed by atoms with Crippen molar-refractivity contribution < 1.29 is 18.4 Å². The van der Waals surface area contributed by atoms with E-state index in [1.165, 1.54) is 18.2 Å². The summed E-state index contributed by atoms with van der Waals surface area (Å²) >= 11 is 0. The van der Waals surface area contributed by atoms with E-state index in [9.17, 15) is 18.4 Å². The van der Waals surface area contributed by atoms with E-state index < -0.39 is 11.6 Å². The van der Waals surface area contributed by atoms with Gasteiger partial charge in [-0.15, -0.1) is 0 Å². The standard InChI is InChI=1S/C16H20F2N4O2/c17-12-2-1-3-13(18)15(12)22-7-4-11(10-22)20-16(24)21-8-5-14(23)19-6-9-21/h1-3,11H,4-10H2,(H,19,23)(H,20,24)/t11-/m0/s1. The SMILES string of the molecule is O=C1CCN(C(=O)N[C@H]2CCN(c3c(F)cccc3F)C2)CCN1. The molecule has 2 aliphatic heterocycles. The third-order valence-corrected chi connectivity index (χ3v) is 4.37. The summed E-state index contributed by atoms with van der Waals surface area (Å²) in [6.07, 6.45) is 0.898. The van der Waals surface area contributed by atoms with Crippen LogP contribution in [-0.4, -0.2) is 55.6 Å². The lowest BCUT2D eigenvalue weighted by Gasteiger charge is -2.24. The quantitative estimate of drug-likeness (QED) is 0.848. The normalized spacial score (nSPS) is 21.4. The maximum Gasteiger partial charge on any atom is 0.317 e. The Labute approximate surface area is 138 Å². The molecule has 1 atom stereocenters. The Kier molecular flexibility index (Phi) is 4.82. The fraction of sp³-hybridized carbons (Fsp3) is 0.500. The van der Waals surface area contributed by atoms with E-state index in [4.69, 9.17) is 0 Å². The molecule has 6 nitrogen and oxygen atoms in total. The van der Waals surface area contributed by atoms with Crippen molar-refractivity contribution in [2.45, 2.75) is 18.9 Å². The molecule has 3 rings (SSSR count). The lowest BCUT2D eigenvalue weighted by molar-refractivity contribution is -0.120. The predicted molar refractivity (Wildman–Crippen MR) is 84.7 cm³/mol. The highest BCUT2D eigenvalue weighted by Gasteiger charge is 2.29. The van der Waals surface area contributed by atoms with Gasteiger partial charge in [0.05, 0.1) is 0 Å². The van der Waals surface area contributed by atoms with Crippen molar-refractivity contribution in [3.63, 3.8) is 0 Å². The van der Waals surface area contributed by atoms with Crippen LogP contribution >= 0.6 is 0 Å². The fourth-order valence-corrected chi connectivity index (χ4v) is 3.11. The molecule has 0 spiro atoms. The second-order valence-corrected chi connectivity index (χ2v) is 6.04. The minimum absolute atomic E-state index is 0.0428. The zero-order valence-corrected chi connectivity index (χ0v) is 13.2. The average molecular weight is 338 g/mol. The lowest BCUT2D eigenvalue weighted by Crippen LogP contribution is -2.47. The van der Waals surface area contributed by atoms with E-state index in [0.29, 0.717) is 39.1 Å². The number of benzene rings is 1. The number of amides is 3. The Morgan fingerprint density at radius 2 is 1.96 bits per heavy atom. The highest BCUT2D eigenvalue weighted by atomic mass is 19.1. The van der Waals surface area contributed by atoms with Crippen LogP contribution in [0.25, 0.3) is 0 Å². The minimum Gasteiger partial charge on any atom is -0.365 e. The summed E-state index contributed by atoms with van der Waals surface area (Å²) in [6.45, 7) is 2.09. The summed E-state index contributed by atoms with van der Waals surface area (Å²) in [7, 11) is 0. The van der Waals surface area contributed by atoms with Crippen molar-refractivity contribution in [2.75, 3.05) is 37.6 Å². The molecule has 0 radical (unpaired) electrons. The van der Waals surface area contributed by atoms with Crippen LogP contribution in [0.2, 0.25) is 0 Å². The number of carbonyl (C=O) groups is 2. The van der Waals surface area contributed by atoms with Crippen LogP contribution in [0.3, 0.4) is 0 Å². The smallest absolute Gasteiger partial charge is 0.317 e. The average Bonchev–Trinajstić information content (AvgIpc) is 2.86. The summed E-state index contributed by atoms with van der Waals surface area (Å²) in [5, 5.41) is 5.60. The molecule has 0 bridgehead atoms. The number of hydrogen-bond acceptors (Lipinski definition) is 3. The van der Waals surface area contributed by atoms with Crippen LogP contribution in [0.15, 0.2) is 18.2 Å². The summed E-state index contributed by atoms with van der Waals surface area (Å²) in [6, 6.07) is 3.37. The predicted octanol–water partition coefficient (Wildman–Crippen LogP) is 1.07. The first kappa shape index (κ1) is 16.5. The molecule has 130 valence electrons. The lowest BCUT2D eigenvalue weighted by atomic mass is 10.2. The molecule has 8 heteroatoms. The van der Waals surface area contributed by atoms with Crippen LogP contribution in [0.5, 0.6) is 0 Å². The van der Waals surface area contributed by atoms with E-state index >= 15 is 0 Å². The number of anilines is 1. The number of nitrogens with one attached hydrogen (secondary N) is 2. The topological polar surface area (TPSA) is 64.7 Å². The van der Waals surface area contributed by atoms with Crippen molar-refractivity contribution in [3.05, 3.63) is 29.8 Å². The molecule has 2 N–H and O–H groups in total. The molecule has 2 aliphatic rings. The second-order valence-electron chi connectivity index (χ2n) is 6.04. The van der Waals surface area contributed by atoms with Gasteiger partial charge in [0, 0.05) is 45.2 Å². The van der Waals surface area contributed by atoms with Crippen molar-refractivity contribution in [3.8, 4) is 0 Å². The number of rotatable bonds is 2. The van der Waals surface area contributed by atoms with Crippen molar-refractivity contribution in [1.29, 1.82) is 0 Å². The van der Waals surface area contributed by atoms with E-state index in [0.717, 1.165) is 0 Å². The van der Waals surface area contributed by atoms with Crippen molar-refractivity contribution >= 4 is 17.6 Å². The van der Waals surface area contributed by atoms with E-state index in [1.807, 2.05) is 0 Å². The molecule has 0 aromatic heterocycles.